The zero-order valence-corrected chi connectivity index (χ0v) is 10.1. The van der Waals surface area contributed by atoms with E-state index < -0.39 is 11.9 Å². The number of carbonyl (C=O) groups is 2. The second-order valence-corrected chi connectivity index (χ2v) is 4.78. The van der Waals surface area contributed by atoms with Crippen LogP contribution < -0.4 is 0 Å². The number of esters is 1. The highest BCUT2D eigenvalue weighted by atomic mass is 16.8. The van der Waals surface area contributed by atoms with Crippen molar-refractivity contribution >= 4 is 12.3 Å². The number of hydrogen-bond acceptors (Lipinski definition) is 5. The van der Waals surface area contributed by atoms with Gasteiger partial charge in [-0.05, 0) is 25.5 Å². The summed E-state index contributed by atoms with van der Waals surface area (Å²) in [5, 5.41) is 0. The molecule has 0 radical (unpaired) electrons. The lowest BCUT2D eigenvalue weighted by Crippen LogP contribution is -2.41. The van der Waals surface area contributed by atoms with Crippen molar-refractivity contribution in [2.24, 2.45) is 0 Å². The highest BCUT2D eigenvalue weighted by molar-refractivity contribution is 5.74. The maximum atomic E-state index is 11.0. The van der Waals surface area contributed by atoms with Crippen molar-refractivity contribution in [2.75, 3.05) is 0 Å². The van der Waals surface area contributed by atoms with Crippen LogP contribution in [0.4, 0.5) is 0 Å². The summed E-state index contributed by atoms with van der Waals surface area (Å²) in [6, 6.07) is 0. The summed E-state index contributed by atoms with van der Waals surface area (Å²) in [4.78, 5) is 21.9. The highest BCUT2D eigenvalue weighted by Gasteiger charge is 2.47. The Balaban J connectivity index is 2.21. The fourth-order valence-corrected chi connectivity index (χ4v) is 2.27. The van der Waals surface area contributed by atoms with Crippen molar-refractivity contribution in [1.82, 2.24) is 0 Å². The Hall–Kier alpha value is -1.20. The Labute approximate surface area is 99.7 Å². The molecule has 5 heteroatoms. The molecule has 1 fully saturated rings. The molecule has 2 aliphatic rings. The Morgan fingerprint density at radius 3 is 2.82 bits per heavy atom. The first-order chi connectivity index (χ1) is 7.91. The molecule has 2 rings (SSSR count). The quantitative estimate of drug-likeness (QED) is 0.531. The first kappa shape index (κ1) is 12.3. The van der Waals surface area contributed by atoms with Gasteiger partial charge in [-0.25, -0.2) is 0 Å². The van der Waals surface area contributed by atoms with Crippen molar-refractivity contribution < 1.29 is 23.8 Å². The van der Waals surface area contributed by atoms with Gasteiger partial charge in [-0.2, -0.15) is 0 Å². The molecule has 0 unspecified atom stereocenters. The topological polar surface area (TPSA) is 61.8 Å². The fourth-order valence-electron chi connectivity index (χ4n) is 2.27. The molecule has 1 saturated heterocycles. The molecule has 1 aliphatic carbocycles. The SMILES string of the molecule is CC(=O)O[C@H]1CC(C=O)=C[C@H]2OC(C)(C)O[C@@H]12. The van der Waals surface area contributed by atoms with Crippen molar-refractivity contribution in [3.05, 3.63) is 11.6 Å². The van der Waals surface area contributed by atoms with Crippen LogP contribution in [-0.2, 0) is 23.8 Å². The molecule has 0 aromatic carbocycles. The molecule has 0 saturated carbocycles. The predicted molar refractivity (Wildman–Crippen MR) is 58.1 cm³/mol. The molecule has 0 aromatic rings. The average Bonchev–Trinajstić information content (AvgIpc) is 2.51. The molecular weight excluding hydrogens is 224 g/mol. The largest absolute Gasteiger partial charge is 0.459 e. The third-order valence-electron chi connectivity index (χ3n) is 2.81. The summed E-state index contributed by atoms with van der Waals surface area (Å²) in [5.74, 6) is -1.10. The van der Waals surface area contributed by atoms with Crippen LogP contribution in [0.3, 0.4) is 0 Å². The van der Waals surface area contributed by atoms with Crippen molar-refractivity contribution in [2.45, 2.75) is 51.3 Å². The fraction of sp³-hybridized carbons (Fsp3) is 0.667. The summed E-state index contributed by atoms with van der Waals surface area (Å²) in [6.45, 7) is 4.93. The number of aldehydes is 1. The number of rotatable bonds is 2. The summed E-state index contributed by atoms with van der Waals surface area (Å²) >= 11 is 0. The lowest BCUT2D eigenvalue weighted by atomic mass is 9.93. The first-order valence-corrected chi connectivity index (χ1v) is 5.60. The van der Waals surface area contributed by atoms with E-state index in [-0.39, 0.29) is 18.2 Å². The minimum absolute atomic E-state index is 0.330. The van der Waals surface area contributed by atoms with Gasteiger partial charge in [0.2, 0.25) is 0 Å². The summed E-state index contributed by atoms with van der Waals surface area (Å²) < 4.78 is 16.5. The average molecular weight is 240 g/mol. The third kappa shape index (κ3) is 2.56. The Kier molecular flexibility index (Phi) is 3.05. The Bertz CT molecular complexity index is 371. The molecule has 0 amide bonds. The molecule has 0 spiro atoms. The molecule has 0 bridgehead atoms. The molecule has 94 valence electrons. The van der Waals surface area contributed by atoms with E-state index in [0.29, 0.717) is 12.0 Å². The third-order valence-corrected chi connectivity index (χ3v) is 2.81. The van der Waals surface area contributed by atoms with Crippen LogP contribution in [0.1, 0.15) is 27.2 Å². The van der Waals surface area contributed by atoms with E-state index >= 15 is 0 Å². The smallest absolute Gasteiger partial charge is 0.303 e. The van der Waals surface area contributed by atoms with Crippen molar-refractivity contribution in [3.8, 4) is 0 Å². The first-order valence-electron chi connectivity index (χ1n) is 5.60. The van der Waals surface area contributed by atoms with Crippen molar-refractivity contribution in [1.29, 1.82) is 0 Å². The molecule has 3 atom stereocenters. The van der Waals surface area contributed by atoms with Gasteiger partial charge in [0.15, 0.2) is 5.79 Å². The van der Waals surface area contributed by atoms with Crippen LogP contribution in [-0.4, -0.2) is 36.4 Å². The molecule has 1 aliphatic heterocycles. The zero-order chi connectivity index (χ0) is 12.6. The summed E-state index contributed by atoms with van der Waals surface area (Å²) in [6.07, 6.45) is 1.77. The van der Waals surface area contributed by atoms with Crippen LogP contribution >= 0.6 is 0 Å². The van der Waals surface area contributed by atoms with Gasteiger partial charge in [0.05, 0.1) is 0 Å². The Morgan fingerprint density at radius 1 is 1.53 bits per heavy atom. The maximum absolute atomic E-state index is 11.0. The van der Waals surface area contributed by atoms with Gasteiger partial charge in [-0.3, -0.25) is 9.59 Å². The highest BCUT2D eigenvalue weighted by Crippen LogP contribution is 2.36. The van der Waals surface area contributed by atoms with Crippen LogP contribution in [0.2, 0.25) is 0 Å². The maximum Gasteiger partial charge on any atom is 0.303 e. The van der Waals surface area contributed by atoms with E-state index in [1.807, 2.05) is 0 Å². The van der Waals surface area contributed by atoms with E-state index in [2.05, 4.69) is 0 Å². The van der Waals surface area contributed by atoms with Gasteiger partial charge in [-0.1, -0.05) is 0 Å². The zero-order valence-electron chi connectivity index (χ0n) is 10.1. The van der Waals surface area contributed by atoms with Crippen molar-refractivity contribution in [3.63, 3.8) is 0 Å². The van der Waals surface area contributed by atoms with Crippen LogP contribution in [0.5, 0.6) is 0 Å². The van der Waals surface area contributed by atoms with Crippen LogP contribution in [0, 0.1) is 0 Å². The molecule has 5 nitrogen and oxygen atoms in total. The van der Waals surface area contributed by atoms with Gasteiger partial charge >= 0.3 is 5.97 Å². The summed E-state index contributed by atoms with van der Waals surface area (Å²) in [5.41, 5.74) is 0.582. The van der Waals surface area contributed by atoms with E-state index in [0.717, 1.165) is 6.29 Å². The van der Waals surface area contributed by atoms with Crippen LogP contribution in [0.25, 0.3) is 0 Å². The Morgan fingerprint density at radius 2 is 2.24 bits per heavy atom. The second-order valence-electron chi connectivity index (χ2n) is 4.78. The molecule has 1 heterocycles. The minimum Gasteiger partial charge on any atom is -0.459 e. The van der Waals surface area contributed by atoms with Gasteiger partial charge < -0.3 is 14.2 Å². The molecule has 0 N–H and O–H groups in total. The number of carbonyl (C=O) groups excluding carboxylic acids is 2. The lowest BCUT2D eigenvalue weighted by molar-refractivity contribution is -0.168. The number of hydrogen-bond donors (Lipinski definition) is 0. The molecular formula is C12H16O5. The second kappa shape index (κ2) is 4.23. The molecule has 0 aromatic heterocycles. The number of fused-ring (bicyclic) bond motifs is 1. The van der Waals surface area contributed by atoms with E-state index in [1.54, 1.807) is 19.9 Å². The van der Waals surface area contributed by atoms with Gasteiger partial charge in [-0.15, -0.1) is 0 Å². The lowest BCUT2D eigenvalue weighted by Gasteiger charge is -2.28. The normalized spacial score (nSPS) is 34.8. The monoisotopic (exact) mass is 240 g/mol. The van der Waals surface area contributed by atoms with E-state index in [9.17, 15) is 9.59 Å². The van der Waals surface area contributed by atoms with Crippen LogP contribution in [0.15, 0.2) is 11.6 Å². The van der Waals surface area contributed by atoms with Gasteiger partial charge in [0.25, 0.3) is 0 Å². The van der Waals surface area contributed by atoms with E-state index in [4.69, 9.17) is 14.2 Å². The summed E-state index contributed by atoms with van der Waals surface area (Å²) in [7, 11) is 0. The van der Waals surface area contributed by atoms with Gasteiger partial charge in [0, 0.05) is 13.3 Å². The van der Waals surface area contributed by atoms with E-state index in [1.165, 1.54) is 6.92 Å². The number of ether oxygens (including phenoxy) is 3. The standard InChI is InChI=1S/C12H16O5/c1-7(14)15-9-4-8(6-13)5-10-11(9)17-12(2,3)16-10/h5-6,9-11H,4H2,1-3H3/t9-,10+,11-/m0/s1. The predicted octanol–water partition coefficient (Wildman–Crippen LogP) is 0.967. The van der Waals surface area contributed by atoms with Gasteiger partial charge in [0.1, 0.15) is 24.6 Å². The minimum atomic E-state index is -0.720. The molecule has 17 heavy (non-hydrogen) atoms.